The molecule has 0 aliphatic rings. The quantitative estimate of drug-likeness (QED) is 0.640. The molecule has 0 fully saturated rings. The van der Waals surface area contributed by atoms with Crippen LogP contribution in [0.25, 0.3) is 0 Å². The first-order chi connectivity index (χ1) is 3.65. The molecular weight excluding hydrogens is 234 g/mol. The molecule has 3 heteroatoms. The molecule has 0 atom stereocenters. The van der Waals surface area contributed by atoms with Crippen molar-refractivity contribution in [1.29, 1.82) is 0 Å². The molecule has 1 nitrogen and oxygen atoms in total. The first-order valence-electron chi connectivity index (χ1n) is 2.38. The Kier molecular flexibility index (Phi) is 15.8. The molecule has 52 valence electrons. The number of halogens is 2. The second-order valence-corrected chi connectivity index (χ2v) is 3.31. The molecule has 0 bridgehead atoms. The molecule has 0 saturated heterocycles. The lowest BCUT2D eigenvalue weighted by Crippen LogP contribution is -1.99. The minimum absolute atomic E-state index is 1.05. The van der Waals surface area contributed by atoms with E-state index in [1.54, 1.807) is 0 Å². The highest BCUT2D eigenvalue weighted by molar-refractivity contribution is 9.11. The minimum atomic E-state index is 1.05. The Bertz CT molecular complexity index is 26.9. The number of rotatable bonds is 1. The van der Waals surface area contributed by atoms with Gasteiger partial charge in [-0.1, -0.05) is 31.9 Å². The number of alkyl halides is 2. The average Bonchev–Trinajstić information content (AvgIpc) is 1.65. The molecule has 0 radical (unpaired) electrons. The summed E-state index contributed by atoms with van der Waals surface area (Å²) in [4.78, 5) is 2.00. The lowest BCUT2D eigenvalue weighted by atomic mass is 11.0. The highest BCUT2D eigenvalue weighted by Gasteiger charge is 1.60. The van der Waals surface area contributed by atoms with Gasteiger partial charge in [0.15, 0.2) is 0 Å². The molecule has 0 aromatic rings. The third-order valence-corrected chi connectivity index (χ3v) is 1.93. The largest absolute Gasteiger partial charge is 0.312 e. The molecule has 0 N–H and O–H groups in total. The average molecular weight is 247 g/mol. The smallest absolute Gasteiger partial charge is 0.0129 e. The molecular formula is C5H13Br2N. The molecule has 0 unspecified atom stereocenters. The standard InChI is InChI=1S/C3H9N.C2H4Br2/c1-4(2)3;3-1-2-4/h1-3H3;1-2H2. The van der Waals surface area contributed by atoms with Crippen LogP contribution in [0.5, 0.6) is 0 Å². The summed E-state index contributed by atoms with van der Waals surface area (Å²) in [6, 6.07) is 0. The lowest BCUT2D eigenvalue weighted by Gasteiger charge is -1.90. The Morgan fingerprint density at radius 2 is 1.12 bits per heavy atom. The van der Waals surface area contributed by atoms with Gasteiger partial charge in [0.05, 0.1) is 0 Å². The van der Waals surface area contributed by atoms with E-state index in [1.165, 1.54) is 0 Å². The van der Waals surface area contributed by atoms with E-state index in [0.717, 1.165) is 10.7 Å². The summed E-state index contributed by atoms with van der Waals surface area (Å²) in [6.45, 7) is 0. The first-order valence-corrected chi connectivity index (χ1v) is 4.62. The summed E-state index contributed by atoms with van der Waals surface area (Å²) in [5, 5.41) is 2.10. The van der Waals surface area contributed by atoms with Gasteiger partial charge >= 0.3 is 0 Å². The van der Waals surface area contributed by atoms with Gasteiger partial charge in [-0.15, -0.1) is 0 Å². The van der Waals surface area contributed by atoms with Gasteiger partial charge in [0.1, 0.15) is 0 Å². The first kappa shape index (κ1) is 11.7. The van der Waals surface area contributed by atoms with Crippen LogP contribution in [0.15, 0.2) is 0 Å². The fourth-order valence-electron chi connectivity index (χ4n) is 0. The summed E-state index contributed by atoms with van der Waals surface area (Å²) in [6.07, 6.45) is 0. The maximum atomic E-state index is 3.20. The van der Waals surface area contributed by atoms with Crippen molar-refractivity contribution < 1.29 is 0 Å². The SMILES string of the molecule is BrCCBr.CN(C)C. The Labute approximate surface area is 68.7 Å². The van der Waals surface area contributed by atoms with E-state index in [9.17, 15) is 0 Å². The van der Waals surface area contributed by atoms with Crippen molar-refractivity contribution in [3.8, 4) is 0 Å². The molecule has 0 heterocycles. The van der Waals surface area contributed by atoms with E-state index in [2.05, 4.69) is 31.9 Å². The van der Waals surface area contributed by atoms with Crippen molar-refractivity contribution >= 4 is 31.9 Å². The fourth-order valence-corrected chi connectivity index (χ4v) is 0. The van der Waals surface area contributed by atoms with Gasteiger partial charge in [-0.25, -0.2) is 0 Å². The molecule has 0 aromatic heterocycles. The highest BCUT2D eigenvalue weighted by Crippen LogP contribution is 1.82. The fraction of sp³-hybridized carbons (Fsp3) is 1.00. The van der Waals surface area contributed by atoms with E-state index in [4.69, 9.17) is 0 Å². The summed E-state index contributed by atoms with van der Waals surface area (Å²) in [7, 11) is 6.00. The predicted octanol–water partition coefficient (Wildman–Crippen LogP) is 1.95. The summed E-state index contributed by atoms with van der Waals surface area (Å²) in [5.74, 6) is 0. The topological polar surface area (TPSA) is 3.24 Å². The molecule has 0 saturated carbocycles. The lowest BCUT2D eigenvalue weighted by molar-refractivity contribution is 0.505. The van der Waals surface area contributed by atoms with Crippen molar-refractivity contribution in [2.75, 3.05) is 31.8 Å². The van der Waals surface area contributed by atoms with Crippen molar-refractivity contribution in [2.45, 2.75) is 0 Å². The minimum Gasteiger partial charge on any atom is -0.312 e. The Morgan fingerprint density at radius 3 is 1.12 bits per heavy atom. The van der Waals surface area contributed by atoms with E-state index >= 15 is 0 Å². The number of hydrogen-bond acceptors (Lipinski definition) is 1. The van der Waals surface area contributed by atoms with E-state index in [0.29, 0.717) is 0 Å². The van der Waals surface area contributed by atoms with Gasteiger partial charge in [0, 0.05) is 10.7 Å². The van der Waals surface area contributed by atoms with Crippen molar-refractivity contribution in [3.63, 3.8) is 0 Å². The molecule has 0 aliphatic heterocycles. The van der Waals surface area contributed by atoms with Gasteiger partial charge in [-0.2, -0.15) is 0 Å². The van der Waals surface area contributed by atoms with Crippen LogP contribution in [0.2, 0.25) is 0 Å². The Morgan fingerprint density at radius 1 is 1.00 bits per heavy atom. The number of hydrogen-bond donors (Lipinski definition) is 0. The van der Waals surface area contributed by atoms with Crippen LogP contribution in [0.4, 0.5) is 0 Å². The zero-order chi connectivity index (χ0) is 6.99. The molecule has 0 aliphatic carbocycles. The van der Waals surface area contributed by atoms with Crippen LogP contribution in [0.3, 0.4) is 0 Å². The second-order valence-electron chi connectivity index (χ2n) is 1.72. The third-order valence-electron chi connectivity index (χ3n) is 0.0714. The Hall–Kier alpha value is 0.920. The second kappa shape index (κ2) is 10.8. The maximum absolute atomic E-state index is 3.20. The van der Waals surface area contributed by atoms with Crippen molar-refractivity contribution in [3.05, 3.63) is 0 Å². The summed E-state index contributed by atoms with van der Waals surface area (Å²) in [5.41, 5.74) is 0. The molecule has 0 amide bonds. The third kappa shape index (κ3) is 65.8. The highest BCUT2D eigenvalue weighted by atomic mass is 79.9. The van der Waals surface area contributed by atoms with Gasteiger partial charge in [-0.3, -0.25) is 0 Å². The van der Waals surface area contributed by atoms with Crippen molar-refractivity contribution in [2.24, 2.45) is 0 Å². The normalized spacial score (nSPS) is 8.25. The van der Waals surface area contributed by atoms with Gasteiger partial charge < -0.3 is 4.90 Å². The molecule has 0 aromatic carbocycles. The van der Waals surface area contributed by atoms with Crippen LogP contribution in [0.1, 0.15) is 0 Å². The predicted molar refractivity (Wildman–Crippen MR) is 47.2 cm³/mol. The summed E-state index contributed by atoms with van der Waals surface area (Å²) < 4.78 is 0. The van der Waals surface area contributed by atoms with Crippen LogP contribution < -0.4 is 0 Å². The molecule has 8 heavy (non-hydrogen) atoms. The van der Waals surface area contributed by atoms with Crippen LogP contribution in [-0.2, 0) is 0 Å². The van der Waals surface area contributed by atoms with Gasteiger partial charge in [0.25, 0.3) is 0 Å². The van der Waals surface area contributed by atoms with E-state index in [-0.39, 0.29) is 0 Å². The molecule has 0 rings (SSSR count). The zero-order valence-corrected chi connectivity index (χ0v) is 8.79. The van der Waals surface area contributed by atoms with Crippen LogP contribution >= 0.6 is 31.9 Å². The van der Waals surface area contributed by atoms with E-state index in [1.807, 2.05) is 26.0 Å². The maximum Gasteiger partial charge on any atom is 0.0129 e. The van der Waals surface area contributed by atoms with E-state index < -0.39 is 0 Å². The van der Waals surface area contributed by atoms with Gasteiger partial charge in [-0.05, 0) is 21.1 Å². The monoisotopic (exact) mass is 245 g/mol. The molecule has 0 spiro atoms. The van der Waals surface area contributed by atoms with Crippen LogP contribution in [-0.4, -0.2) is 36.7 Å². The number of nitrogens with zero attached hydrogens (tertiary/aromatic N) is 1. The Balaban J connectivity index is 0. The van der Waals surface area contributed by atoms with Crippen LogP contribution in [0, 0.1) is 0 Å². The zero-order valence-electron chi connectivity index (χ0n) is 5.62. The van der Waals surface area contributed by atoms with Crippen molar-refractivity contribution in [1.82, 2.24) is 4.90 Å². The van der Waals surface area contributed by atoms with Gasteiger partial charge in [0.2, 0.25) is 0 Å². The summed E-state index contributed by atoms with van der Waals surface area (Å²) >= 11 is 6.40.